The number of carboxylic acids is 2. The van der Waals surface area contributed by atoms with Crippen molar-refractivity contribution in [2.75, 3.05) is 6.61 Å². The average Bonchev–Trinajstić information content (AvgIpc) is 2.58. The van der Waals surface area contributed by atoms with Crippen LogP contribution in [0.4, 0.5) is 0 Å². The van der Waals surface area contributed by atoms with Gasteiger partial charge in [0.25, 0.3) is 0 Å². The van der Waals surface area contributed by atoms with E-state index in [2.05, 4.69) is 11.4 Å². The second kappa shape index (κ2) is 19.3. The van der Waals surface area contributed by atoms with Gasteiger partial charge < -0.3 is 25.1 Å². The summed E-state index contributed by atoms with van der Waals surface area (Å²) < 4.78 is 14.8. The number of unbranched alkanes of at least 4 members (excludes halogenated alkanes) is 11. The van der Waals surface area contributed by atoms with Gasteiger partial charge in [0, 0.05) is 0 Å². The smallest absolute Gasteiger partial charge is 0.469 e. The Kier molecular flexibility index (Phi) is 20.2. The van der Waals surface area contributed by atoms with E-state index in [9.17, 15) is 14.2 Å². The summed E-state index contributed by atoms with van der Waals surface area (Å²) in [5.74, 6) is -2.85. The number of phosphoric acid groups is 1. The largest absolute Gasteiger partial charge is 0.481 e. The van der Waals surface area contributed by atoms with Crippen molar-refractivity contribution in [1.82, 2.24) is 0 Å². The molecule has 0 amide bonds. The number of aliphatic hydroxyl groups is 1. The Hall–Kier alpha value is -0.990. The van der Waals surface area contributed by atoms with Crippen LogP contribution < -0.4 is 0 Å². The fourth-order valence-electron chi connectivity index (χ4n) is 2.38. The van der Waals surface area contributed by atoms with Crippen LogP contribution >= 0.6 is 7.82 Å². The molecule has 5 N–H and O–H groups in total. The fourth-order valence-corrected chi connectivity index (χ4v) is 2.75. The van der Waals surface area contributed by atoms with Gasteiger partial charge in [-0.2, -0.15) is 0 Å². The van der Waals surface area contributed by atoms with E-state index in [1.54, 1.807) is 0 Å². The predicted octanol–water partition coefficient (Wildman–Crippen LogP) is 3.70. The van der Waals surface area contributed by atoms with Gasteiger partial charge in [0.2, 0.25) is 0 Å². The number of aliphatic carboxylic acids is 2. The maximum Gasteiger partial charge on any atom is 0.469 e. The lowest BCUT2D eigenvalue weighted by Crippen LogP contribution is -2.22. The predicted molar refractivity (Wildman–Crippen MR) is 105 cm³/mol. The van der Waals surface area contributed by atoms with Gasteiger partial charge in [-0.3, -0.25) is 9.32 Å². The van der Waals surface area contributed by atoms with E-state index in [1.807, 2.05) is 0 Å². The monoisotopic (exact) mass is 428 g/mol. The van der Waals surface area contributed by atoms with Crippen molar-refractivity contribution in [2.45, 2.75) is 96.5 Å². The molecule has 168 valence electrons. The summed E-state index contributed by atoms with van der Waals surface area (Å²) >= 11 is 0. The zero-order valence-corrected chi connectivity index (χ0v) is 17.7. The maximum atomic E-state index is 10.4. The zero-order chi connectivity index (χ0) is 21.8. The third kappa shape index (κ3) is 27.2. The van der Waals surface area contributed by atoms with Crippen molar-refractivity contribution in [2.24, 2.45) is 0 Å². The SMILES string of the molecule is CCCCCCCCCCCCCCOP(=O)(O)O.O=C(O)CC(O)C(=O)O. The Labute approximate surface area is 167 Å². The molecule has 0 saturated carbocycles. The van der Waals surface area contributed by atoms with Crippen molar-refractivity contribution in [3.05, 3.63) is 0 Å². The number of carbonyl (C=O) groups is 2. The highest BCUT2D eigenvalue weighted by Gasteiger charge is 2.16. The first-order valence-electron chi connectivity index (χ1n) is 9.93. The van der Waals surface area contributed by atoms with Gasteiger partial charge in [0.1, 0.15) is 0 Å². The van der Waals surface area contributed by atoms with E-state index in [0.29, 0.717) is 0 Å². The first-order valence-corrected chi connectivity index (χ1v) is 11.5. The second-order valence-electron chi connectivity index (χ2n) is 6.66. The van der Waals surface area contributed by atoms with Crippen LogP contribution in [0.1, 0.15) is 90.4 Å². The highest BCUT2D eigenvalue weighted by atomic mass is 31.2. The van der Waals surface area contributed by atoms with Crippen molar-refractivity contribution in [3.63, 3.8) is 0 Å². The molecule has 0 spiro atoms. The number of phosphoric ester groups is 1. The molecule has 0 rings (SSSR count). The van der Waals surface area contributed by atoms with Gasteiger partial charge in [-0.05, 0) is 6.42 Å². The molecule has 0 radical (unpaired) electrons. The molecule has 28 heavy (non-hydrogen) atoms. The Morgan fingerprint density at radius 1 is 0.821 bits per heavy atom. The van der Waals surface area contributed by atoms with Gasteiger partial charge >= 0.3 is 19.8 Å². The summed E-state index contributed by atoms with van der Waals surface area (Å²) in [4.78, 5) is 36.4. The third-order valence-corrected chi connectivity index (χ3v) is 4.43. The molecule has 1 unspecified atom stereocenters. The topological polar surface area (TPSA) is 162 Å². The molecule has 9 nitrogen and oxygen atoms in total. The van der Waals surface area contributed by atoms with Crippen LogP contribution in [0, 0.1) is 0 Å². The molecular weight excluding hydrogens is 391 g/mol. The molecule has 0 heterocycles. The minimum atomic E-state index is -4.25. The van der Waals surface area contributed by atoms with Crippen LogP contribution in [0.5, 0.6) is 0 Å². The minimum Gasteiger partial charge on any atom is -0.481 e. The molecule has 0 aliphatic rings. The van der Waals surface area contributed by atoms with Gasteiger partial charge in [-0.15, -0.1) is 0 Å². The Bertz CT molecular complexity index is 437. The third-order valence-electron chi connectivity index (χ3n) is 3.91. The molecular formula is C18H37O9P. The number of aliphatic hydroxyl groups excluding tert-OH is 1. The summed E-state index contributed by atoms with van der Waals surface area (Å²) in [6.45, 7) is 2.41. The summed E-state index contributed by atoms with van der Waals surface area (Å²) in [6.07, 6.45) is 12.3. The standard InChI is InChI=1S/C14H31O4P.C4H6O5/c1-2-3-4-5-6-7-8-9-10-11-12-13-14-18-19(15,16)17;5-2(4(8)9)1-3(6)7/h2-14H2,1H3,(H2,15,16,17);2,5H,1H2,(H,6,7)(H,8,9). The Morgan fingerprint density at radius 2 is 1.21 bits per heavy atom. The van der Waals surface area contributed by atoms with Gasteiger partial charge in [-0.1, -0.05) is 77.6 Å². The number of hydrogen-bond acceptors (Lipinski definition) is 5. The fraction of sp³-hybridized carbons (Fsp3) is 0.889. The molecule has 0 aromatic rings. The van der Waals surface area contributed by atoms with Crippen molar-refractivity contribution >= 4 is 19.8 Å². The lowest BCUT2D eigenvalue weighted by atomic mass is 10.1. The summed E-state index contributed by atoms with van der Waals surface area (Å²) in [5.41, 5.74) is 0. The first kappa shape index (κ1) is 29.2. The molecule has 0 aliphatic carbocycles. The highest BCUT2D eigenvalue weighted by molar-refractivity contribution is 7.46. The minimum absolute atomic E-state index is 0.168. The average molecular weight is 428 g/mol. The van der Waals surface area contributed by atoms with Crippen LogP contribution in [0.15, 0.2) is 0 Å². The van der Waals surface area contributed by atoms with Gasteiger partial charge in [0.05, 0.1) is 13.0 Å². The Balaban J connectivity index is 0. The van der Waals surface area contributed by atoms with Crippen LogP contribution in [-0.4, -0.2) is 49.8 Å². The Morgan fingerprint density at radius 3 is 1.50 bits per heavy atom. The summed E-state index contributed by atoms with van der Waals surface area (Å²) in [5, 5.41) is 24.1. The maximum absolute atomic E-state index is 10.4. The zero-order valence-electron chi connectivity index (χ0n) is 16.8. The molecule has 10 heteroatoms. The van der Waals surface area contributed by atoms with Crippen LogP contribution in [0.25, 0.3) is 0 Å². The van der Waals surface area contributed by atoms with Crippen LogP contribution in [0.3, 0.4) is 0 Å². The van der Waals surface area contributed by atoms with E-state index in [0.717, 1.165) is 19.3 Å². The molecule has 0 aliphatic heterocycles. The number of rotatable bonds is 17. The summed E-state index contributed by atoms with van der Waals surface area (Å²) in [7, 11) is -4.25. The van der Waals surface area contributed by atoms with Gasteiger partial charge in [0.15, 0.2) is 6.10 Å². The van der Waals surface area contributed by atoms with E-state index in [4.69, 9.17) is 25.1 Å². The quantitative estimate of drug-likeness (QED) is 0.172. The second-order valence-corrected chi connectivity index (χ2v) is 7.90. The normalized spacial score (nSPS) is 12.1. The van der Waals surface area contributed by atoms with E-state index in [-0.39, 0.29) is 6.61 Å². The van der Waals surface area contributed by atoms with E-state index >= 15 is 0 Å². The molecule has 1 atom stereocenters. The molecule has 0 aromatic heterocycles. The molecule has 0 aromatic carbocycles. The van der Waals surface area contributed by atoms with Crippen LogP contribution in [0.2, 0.25) is 0 Å². The molecule has 0 fully saturated rings. The van der Waals surface area contributed by atoms with Gasteiger partial charge in [-0.25, -0.2) is 9.36 Å². The summed E-state index contributed by atoms with van der Waals surface area (Å²) in [6, 6.07) is 0. The molecule has 0 saturated heterocycles. The van der Waals surface area contributed by atoms with Crippen molar-refractivity contribution in [1.29, 1.82) is 0 Å². The highest BCUT2D eigenvalue weighted by Crippen LogP contribution is 2.35. The van der Waals surface area contributed by atoms with E-state index in [1.165, 1.54) is 57.8 Å². The first-order chi connectivity index (χ1) is 13.1. The number of hydrogen-bond donors (Lipinski definition) is 5. The van der Waals surface area contributed by atoms with Crippen LogP contribution in [-0.2, 0) is 18.7 Å². The molecule has 0 bridgehead atoms. The lowest BCUT2D eigenvalue weighted by Gasteiger charge is -2.05. The van der Waals surface area contributed by atoms with Crippen molar-refractivity contribution < 1.29 is 43.8 Å². The lowest BCUT2D eigenvalue weighted by molar-refractivity contribution is -0.152. The van der Waals surface area contributed by atoms with Crippen molar-refractivity contribution in [3.8, 4) is 0 Å². The van der Waals surface area contributed by atoms with E-state index < -0.39 is 32.3 Å². The number of carboxylic acid groups (broad SMARTS) is 2.